The zero-order chi connectivity index (χ0) is 21.5. The summed E-state index contributed by atoms with van der Waals surface area (Å²) in [6.07, 6.45) is 8.63. The Bertz CT molecular complexity index is 894. The van der Waals surface area contributed by atoms with Crippen molar-refractivity contribution in [2.45, 2.75) is 51.1 Å². The quantitative estimate of drug-likeness (QED) is 0.730. The molecule has 0 bridgehead atoms. The van der Waals surface area contributed by atoms with Gasteiger partial charge in [-0.2, -0.15) is 5.10 Å². The lowest BCUT2D eigenvalue weighted by molar-refractivity contribution is -0.138. The van der Waals surface area contributed by atoms with Gasteiger partial charge in [0.05, 0.1) is 5.69 Å². The summed E-state index contributed by atoms with van der Waals surface area (Å²) in [5.41, 5.74) is 1.65. The molecular formula is C21H25ClN6O2. The highest BCUT2D eigenvalue weighted by Gasteiger charge is 2.34. The number of nitriles is 1. The molecule has 1 aliphatic heterocycles. The molecule has 1 unspecified atom stereocenters. The van der Waals surface area contributed by atoms with Gasteiger partial charge >= 0.3 is 0 Å². The number of nitrogens with zero attached hydrogens (tertiary/aromatic N) is 5. The first kappa shape index (κ1) is 21.8. The van der Waals surface area contributed by atoms with E-state index < -0.39 is 0 Å². The van der Waals surface area contributed by atoms with E-state index in [4.69, 9.17) is 16.9 Å². The van der Waals surface area contributed by atoms with Gasteiger partial charge in [0, 0.05) is 31.1 Å². The monoisotopic (exact) mass is 428 g/mol. The second-order valence-electron chi connectivity index (χ2n) is 7.56. The molecule has 2 heterocycles. The van der Waals surface area contributed by atoms with Crippen LogP contribution in [0.5, 0.6) is 0 Å². The SMILES string of the molecule is C#N.O=C(NCc1cc(Cl)ccc1-n1cncn1)C1CCCN1C(=O)CCC1CC1. The van der Waals surface area contributed by atoms with Gasteiger partial charge in [0.1, 0.15) is 18.7 Å². The summed E-state index contributed by atoms with van der Waals surface area (Å²) < 4.78 is 1.64. The molecule has 4 rings (SSSR count). The molecule has 0 radical (unpaired) electrons. The number of carbonyl (C=O) groups is 2. The normalized spacial score (nSPS) is 17.8. The maximum Gasteiger partial charge on any atom is 0.243 e. The number of nitrogens with one attached hydrogen (secondary N) is 1. The zero-order valence-electron chi connectivity index (χ0n) is 16.7. The molecule has 2 aromatic rings. The van der Waals surface area contributed by atoms with Crippen LogP contribution in [0.2, 0.25) is 5.02 Å². The number of likely N-dealkylation sites (tertiary alicyclic amines) is 1. The van der Waals surface area contributed by atoms with Gasteiger partial charge in [-0.25, -0.2) is 14.9 Å². The Morgan fingerprint density at radius 3 is 2.77 bits per heavy atom. The number of halogens is 1. The molecule has 30 heavy (non-hydrogen) atoms. The lowest BCUT2D eigenvalue weighted by Gasteiger charge is -2.24. The molecule has 158 valence electrons. The van der Waals surface area contributed by atoms with Gasteiger partial charge in [0.15, 0.2) is 0 Å². The standard InChI is InChI=1S/C20H24ClN5O2.CHN/c21-16-6-7-17(26-13-22-12-24-26)15(10-16)11-23-20(28)18-2-1-9-25(18)19(27)8-5-14-3-4-14;1-2/h6-7,10,12-14,18H,1-5,8-9,11H2,(H,23,28);1H. The molecule has 1 aliphatic carbocycles. The van der Waals surface area contributed by atoms with Crippen molar-refractivity contribution in [3.05, 3.63) is 41.4 Å². The van der Waals surface area contributed by atoms with Gasteiger partial charge in [0.2, 0.25) is 11.8 Å². The molecule has 1 saturated carbocycles. The van der Waals surface area contributed by atoms with Crippen LogP contribution in [-0.4, -0.2) is 44.1 Å². The molecule has 1 atom stereocenters. The van der Waals surface area contributed by atoms with E-state index >= 15 is 0 Å². The summed E-state index contributed by atoms with van der Waals surface area (Å²) in [4.78, 5) is 31.1. The molecule has 2 amide bonds. The van der Waals surface area contributed by atoms with Crippen molar-refractivity contribution in [1.82, 2.24) is 25.0 Å². The van der Waals surface area contributed by atoms with Crippen LogP contribution >= 0.6 is 11.6 Å². The first-order valence-corrected chi connectivity index (χ1v) is 10.5. The van der Waals surface area contributed by atoms with E-state index in [-0.39, 0.29) is 17.9 Å². The van der Waals surface area contributed by atoms with Crippen LogP contribution in [-0.2, 0) is 16.1 Å². The number of rotatable bonds is 7. The highest BCUT2D eigenvalue weighted by atomic mass is 35.5. The summed E-state index contributed by atoms with van der Waals surface area (Å²) in [5.74, 6) is 0.717. The third-order valence-corrected chi connectivity index (χ3v) is 5.73. The number of hydrogen-bond acceptors (Lipinski definition) is 5. The van der Waals surface area contributed by atoms with Crippen molar-refractivity contribution in [2.75, 3.05) is 6.54 Å². The first-order chi connectivity index (χ1) is 14.6. The summed E-state index contributed by atoms with van der Waals surface area (Å²) in [6, 6.07) is 5.07. The molecular weight excluding hydrogens is 404 g/mol. The Morgan fingerprint density at radius 1 is 1.27 bits per heavy atom. The van der Waals surface area contributed by atoms with Crippen LogP contribution < -0.4 is 5.32 Å². The van der Waals surface area contributed by atoms with Gasteiger partial charge in [-0.1, -0.05) is 24.4 Å². The average Bonchev–Trinajstić information content (AvgIpc) is 3.20. The third-order valence-electron chi connectivity index (χ3n) is 5.50. The average molecular weight is 429 g/mol. The van der Waals surface area contributed by atoms with Crippen LogP contribution in [0.15, 0.2) is 30.9 Å². The molecule has 1 aromatic carbocycles. The van der Waals surface area contributed by atoms with Crippen molar-refractivity contribution < 1.29 is 9.59 Å². The Hall–Kier alpha value is -2.92. The van der Waals surface area contributed by atoms with Gasteiger partial charge < -0.3 is 10.2 Å². The fourth-order valence-corrected chi connectivity index (χ4v) is 3.96. The Morgan fingerprint density at radius 2 is 2.07 bits per heavy atom. The molecule has 9 heteroatoms. The second-order valence-corrected chi connectivity index (χ2v) is 7.99. The number of amides is 2. The van der Waals surface area contributed by atoms with E-state index in [0.29, 0.717) is 31.0 Å². The van der Waals surface area contributed by atoms with Crippen molar-refractivity contribution in [1.29, 1.82) is 5.26 Å². The van der Waals surface area contributed by atoms with E-state index in [1.165, 1.54) is 19.2 Å². The van der Waals surface area contributed by atoms with Crippen LogP contribution in [0.25, 0.3) is 5.69 Å². The fourth-order valence-electron chi connectivity index (χ4n) is 3.77. The summed E-state index contributed by atoms with van der Waals surface area (Å²) in [7, 11) is 0. The van der Waals surface area contributed by atoms with Crippen LogP contribution in [0.3, 0.4) is 0 Å². The summed E-state index contributed by atoms with van der Waals surface area (Å²) in [6.45, 7) is 4.48. The van der Waals surface area contributed by atoms with Crippen molar-refractivity contribution in [2.24, 2.45) is 5.92 Å². The van der Waals surface area contributed by atoms with Gasteiger partial charge in [0.25, 0.3) is 0 Å². The molecule has 1 saturated heterocycles. The summed E-state index contributed by atoms with van der Waals surface area (Å²) in [5, 5.41) is 14.2. The Kier molecular flexibility index (Phi) is 7.41. The summed E-state index contributed by atoms with van der Waals surface area (Å²) >= 11 is 6.14. The zero-order valence-corrected chi connectivity index (χ0v) is 17.5. The minimum Gasteiger partial charge on any atom is -0.350 e. The minimum atomic E-state index is -0.374. The number of benzene rings is 1. The second kappa shape index (κ2) is 10.2. The fraction of sp³-hybridized carbons (Fsp3) is 0.476. The van der Waals surface area contributed by atoms with Crippen LogP contribution in [0.1, 0.15) is 44.1 Å². The van der Waals surface area contributed by atoms with E-state index in [1.807, 2.05) is 12.1 Å². The van der Waals surface area contributed by atoms with Crippen molar-refractivity contribution in [3.63, 3.8) is 0 Å². The molecule has 0 spiro atoms. The maximum absolute atomic E-state index is 12.8. The number of aromatic nitrogens is 3. The predicted octanol–water partition coefficient (Wildman–Crippen LogP) is 2.86. The topological polar surface area (TPSA) is 104 Å². The Balaban J connectivity index is 0.00000124. The van der Waals surface area contributed by atoms with E-state index in [0.717, 1.165) is 30.0 Å². The lowest BCUT2D eigenvalue weighted by atomic mass is 10.1. The maximum atomic E-state index is 12.8. The lowest BCUT2D eigenvalue weighted by Crippen LogP contribution is -2.45. The van der Waals surface area contributed by atoms with Gasteiger partial charge in [-0.3, -0.25) is 9.59 Å². The number of hydrogen-bond donors (Lipinski definition) is 1. The third kappa shape index (κ3) is 5.36. The van der Waals surface area contributed by atoms with Gasteiger partial charge in [-0.05, 0) is 48.9 Å². The highest BCUT2D eigenvalue weighted by molar-refractivity contribution is 6.30. The Labute approximate surface area is 180 Å². The molecule has 2 fully saturated rings. The smallest absolute Gasteiger partial charge is 0.243 e. The van der Waals surface area contributed by atoms with Crippen LogP contribution in [0, 0.1) is 17.8 Å². The largest absolute Gasteiger partial charge is 0.350 e. The molecule has 2 aliphatic rings. The first-order valence-electron chi connectivity index (χ1n) is 10.1. The van der Waals surface area contributed by atoms with Crippen molar-refractivity contribution in [3.8, 4) is 12.3 Å². The van der Waals surface area contributed by atoms with Crippen molar-refractivity contribution >= 4 is 23.4 Å². The van der Waals surface area contributed by atoms with Crippen LogP contribution in [0.4, 0.5) is 0 Å². The van der Waals surface area contributed by atoms with E-state index in [9.17, 15) is 9.59 Å². The molecule has 1 aromatic heterocycles. The molecule has 1 N–H and O–H groups in total. The highest BCUT2D eigenvalue weighted by Crippen LogP contribution is 2.34. The molecule has 8 nitrogen and oxygen atoms in total. The predicted molar refractivity (Wildman–Crippen MR) is 112 cm³/mol. The minimum absolute atomic E-state index is 0.107. The van der Waals surface area contributed by atoms with Gasteiger partial charge in [-0.15, -0.1) is 0 Å². The number of carbonyl (C=O) groups excluding carboxylic acids is 2. The van der Waals surface area contributed by atoms with E-state index in [2.05, 4.69) is 22.0 Å². The van der Waals surface area contributed by atoms with E-state index in [1.54, 1.807) is 22.0 Å².